The number of carbonyl (C=O) groups is 2. The zero-order chi connectivity index (χ0) is 22.5. The third-order valence-electron chi connectivity index (χ3n) is 2.66. The number of carboxylic acid groups (broad SMARTS) is 2. The van der Waals surface area contributed by atoms with Gasteiger partial charge in [-0.1, -0.05) is 0 Å². The number of rotatable bonds is 13. The van der Waals surface area contributed by atoms with E-state index in [-0.39, 0.29) is 26.4 Å². The zero-order valence-corrected chi connectivity index (χ0v) is 15.3. The molecular weight excluding hydrogens is 388 g/mol. The molecular formula is C14H32N2O12. The van der Waals surface area contributed by atoms with Gasteiger partial charge in [-0.3, -0.25) is 0 Å². The summed E-state index contributed by atoms with van der Waals surface area (Å²) in [6.07, 6.45) is -9.28. The lowest BCUT2D eigenvalue weighted by Crippen LogP contribution is -2.49. The van der Waals surface area contributed by atoms with Crippen LogP contribution in [-0.4, -0.2) is 140 Å². The van der Waals surface area contributed by atoms with Crippen molar-refractivity contribution in [3.63, 3.8) is 0 Å². The van der Waals surface area contributed by atoms with E-state index < -0.39 is 36.4 Å². The summed E-state index contributed by atoms with van der Waals surface area (Å²) in [7, 11) is 0. The van der Waals surface area contributed by atoms with Crippen LogP contribution >= 0.6 is 0 Å². The van der Waals surface area contributed by atoms with Crippen molar-refractivity contribution in [3.8, 4) is 0 Å². The normalized spacial score (nSPS) is 14.4. The SMILES string of the molecule is O=C(O)[C@@H](O)[C@@H](O)[C@H](O)[C@@H](O)C(=O)O.OCCNCCO.OCCNCCO. The fourth-order valence-corrected chi connectivity index (χ4v) is 1.23. The van der Waals surface area contributed by atoms with Crippen LogP contribution in [0.2, 0.25) is 0 Å². The second-order valence-electron chi connectivity index (χ2n) is 4.94. The van der Waals surface area contributed by atoms with Crippen molar-refractivity contribution in [2.75, 3.05) is 52.6 Å². The van der Waals surface area contributed by atoms with Crippen LogP contribution in [0.3, 0.4) is 0 Å². The fraction of sp³-hybridized carbons (Fsp3) is 0.857. The summed E-state index contributed by atoms with van der Waals surface area (Å²) in [4.78, 5) is 20.2. The van der Waals surface area contributed by atoms with Crippen LogP contribution in [0, 0.1) is 0 Å². The van der Waals surface area contributed by atoms with Gasteiger partial charge in [-0.15, -0.1) is 0 Å². The first kappa shape index (κ1) is 31.2. The summed E-state index contributed by atoms with van der Waals surface area (Å²) < 4.78 is 0. The molecule has 0 unspecified atom stereocenters. The lowest BCUT2D eigenvalue weighted by molar-refractivity contribution is -0.172. The van der Waals surface area contributed by atoms with Crippen LogP contribution in [0.25, 0.3) is 0 Å². The van der Waals surface area contributed by atoms with E-state index in [9.17, 15) is 9.59 Å². The molecule has 0 aromatic rings. The average Bonchev–Trinajstić information content (AvgIpc) is 2.67. The zero-order valence-electron chi connectivity index (χ0n) is 15.3. The van der Waals surface area contributed by atoms with E-state index in [1.807, 2.05) is 0 Å². The fourth-order valence-electron chi connectivity index (χ4n) is 1.23. The predicted octanol–water partition coefficient (Wildman–Crippen LogP) is -6.28. The molecule has 0 bridgehead atoms. The minimum atomic E-state index is -2.36. The Morgan fingerprint density at radius 2 is 0.786 bits per heavy atom. The molecule has 0 spiro atoms. The van der Waals surface area contributed by atoms with Crippen molar-refractivity contribution in [1.82, 2.24) is 10.6 Å². The molecule has 0 aliphatic rings. The highest BCUT2D eigenvalue weighted by Gasteiger charge is 2.37. The highest BCUT2D eigenvalue weighted by atomic mass is 16.4. The van der Waals surface area contributed by atoms with E-state index in [4.69, 9.17) is 51.1 Å². The molecule has 4 atom stereocenters. The maximum Gasteiger partial charge on any atom is 0.335 e. The van der Waals surface area contributed by atoms with E-state index in [1.165, 1.54) is 0 Å². The Kier molecular flexibility index (Phi) is 24.4. The van der Waals surface area contributed by atoms with Crippen LogP contribution in [0.5, 0.6) is 0 Å². The van der Waals surface area contributed by atoms with Gasteiger partial charge in [-0.25, -0.2) is 9.59 Å². The molecule has 14 heteroatoms. The number of aliphatic hydroxyl groups is 8. The molecule has 0 amide bonds. The van der Waals surface area contributed by atoms with E-state index in [1.54, 1.807) is 0 Å². The highest BCUT2D eigenvalue weighted by molar-refractivity contribution is 5.75. The Labute approximate surface area is 161 Å². The number of aliphatic carboxylic acids is 2. The number of aliphatic hydroxyl groups excluding tert-OH is 8. The molecule has 0 radical (unpaired) electrons. The maximum atomic E-state index is 10.1. The average molecular weight is 420 g/mol. The molecule has 0 saturated heterocycles. The molecule has 28 heavy (non-hydrogen) atoms. The Hall–Kier alpha value is -1.46. The molecule has 0 aliphatic carbocycles. The third kappa shape index (κ3) is 19.3. The van der Waals surface area contributed by atoms with E-state index in [0.29, 0.717) is 26.2 Å². The number of hydrogen-bond donors (Lipinski definition) is 12. The second-order valence-corrected chi connectivity index (χ2v) is 4.94. The van der Waals surface area contributed by atoms with Gasteiger partial charge >= 0.3 is 11.9 Å². The van der Waals surface area contributed by atoms with Gasteiger partial charge in [0.25, 0.3) is 0 Å². The van der Waals surface area contributed by atoms with Crippen LogP contribution in [0.1, 0.15) is 0 Å². The van der Waals surface area contributed by atoms with Gasteiger partial charge in [0.2, 0.25) is 0 Å². The van der Waals surface area contributed by atoms with Gasteiger partial charge in [0.15, 0.2) is 12.2 Å². The van der Waals surface area contributed by atoms with Crippen molar-refractivity contribution < 1.29 is 60.7 Å². The summed E-state index contributed by atoms with van der Waals surface area (Å²) in [5.41, 5.74) is 0. The smallest absolute Gasteiger partial charge is 0.335 e. The molecule has 14 nitrogen and oxygen atoms in total. The monoisotopic (exact) mass is 420 g/mol. The van der Waals surface area contributed by atoms with Gasteiger partial charge in [-0.2, -0.15) is 0 Å². The van der Waals surface area contributed by atoms with Crippen molar-refractivity contribution >= 4 is 11.9 Å². The van der Waals surface area contributed by atoms with Gasteiger partial charge in [0, 0.05) is 26.2 Å². The second kappa shape index (κ2) is 21.8. The van der Waals surface area contributed by atoms with Gasteiger partial charge < -0.3 is 61.7 Å². The summed E-state index contributed by atoms with van der Waals surface area (Å²) in [6.45, 7) is 2.84. The topological polar surface area (TPSA) is 260 Å². The molecule has 0 heterocycles. The number of carboxylic acids is 2. The van der Waals surface area contributed by atoms with Crippen LogP contribution < -0.4 is 10.6 Å². The van der Waals surface area contributed by atoms with E-state index in [0.717, 1.165) is 0 Å². The lowest BCUT2D eigenvalue weighted by atomic mass is 10.0. The molecule has 0 aliphatic heterocycles. The predicted molar refractivity (Wildman–Crippen MR) is 93.4 cm³/mol. The minimum absolute atomic E-state index is 0.139. The first-order valence-electron chi connectivity index (χ1n) is 8.14. The largest absolute Gasteiger partial charge is 0.479 e. The molecule has 0 aromatic heterocycles. The number of hydrogen-bond acceptors (Lipinski definition) is 12. The molecule has 0 saturated carbocycles. The third-order valence-corrected chi connectivity index (χ3v) is 2.66. The summed E-state index contributed by atoms with van der Waals surface area (Å²) in [5.74, 6) is -3.68. The lowest BCUT2D eigenvalue weighted by Gasteiger charge is -2.21. The quantitative estimate of drug-likeness (QED) is 0.124. The molecule has 170 valence electrons. The van der Waals surface area contributed by atoms with Crippen molar-refractivity contribution in [2.45, 2.75) is 24.4 Å². The minimum Gasteiger partial charge on any atom is -0.479 e. The number of nitrogens with one attached hydrogen (secondary N) is 2. The Morgan fingerprint density at radius 1 is 0.571 bits per heavy atom. The van der Waals surface area contributed by atoms with Crippen molar-refractivity contribution in [1.29, 1.82) is 0 Å². The van der Waals surface area contributed by atoms with Gasteiger partial charge in [0.05, 0.1) is 26.4 Å². The van der Waals surface area contributed by atoms with Crippen molar-refractivity contribution in [3.05, 3.63) is 0 Å². The Bertz CT molecular complexity index is 332. The first-order chi connectivity index (χ1) is 13.1. The standard InChI is InChI=1S/C6H10O8.2C4H11NO2/c7-1(3(9)5(11)12)2(8)4(10)6(13)14;2*6-3-1-5-2-4-7/h1-4,7-10H,(H,11,12)(H,13,14);2*5-7H,1-4H2/t1-,2-,3-,4+;;/m0../s1. The first-order valence-corrected chi connectivity index (χ1v) is 8.14. The van der Waals surface area contributed by atoms with Gasteiger partial charge in [-0.05, 0) is 0 Å². The van der Waals surface area contributed by atoms with Crippen molar-refractivity contribution in [2.24, 2.45) is 0 Å². The molecule has 0 aromatic carbocycles. The summed E-state index contributed by atoms with van der Waals surface area (Å²) in [6, 6.07) is 0. The van der Waals surface area contributed by atoms with E-state index >= 15 is 0 Å². The molecule has 0 fully saturated rings. The molecule has 0 rings (SSSR count). The Balaban J connectivity index is -0.000000375. The summed E-state index contributed by atoms with van der Waals surface area (Å²) >= 11 is 0. The maximum absolute atomic E-state index is 10.1. The van der Waals surface area contributed by atoms with E-state index in [2.05, 4.69) is 10.6 Å². The van der Waals surface area contributed by atoms with Crippen LogP contribution in [0.4, 0.5) is 0 Å². The highest BCUT2D eigenvalue weighted by Crippen LogP contribution is 2.05. The summed E-state index contributed by atoms with van der Waals surface area (Å²) in [5, 5.41) is 89.6. The Morgan fingerprint density at radius 3 is 0.929 bits per heavy atom. The van der Waals surface area contributed by atoms with Crippen LogP contribution in [0.15, 0.2) is 0 Å². The van der Waals surface area contributed by atoms with Crippen LogP contribution in [-0.2, 0) is 9.59 Å². The molecule has 12 N–H and O–H groups in total. The van der Waals surface area contributed by atoms with Gasteiger partial charge in [0.1, 0.15) is 12.2 Å².